The van der Waals surface area contributed by atoms with Gasteiger partial charge in [0, 0.05) is 6.07 Å². The molecule has 7 nitrogen and oxygen atoms in total. The smallest absolute Gasteiger partial charge is 0.375 e. The van der Waals surface area contributed by atoms with Crippen molar-refractivity contribution in [3.8, 4) is 0 Å². The Morgan fingerprint density at radius 2 is 1.81 bits per heavy atom. The third kappa shape index (κ3) is 3.32. The zero-order chi connectivity index (χ0) is 18.7. The van der Waals surface area contributed by atoms with Crippen LogP contribution in [0.5, 0.6) is 0 Å². The van der Waals surface area contributed by atoms with Gasteiger partial charge in [0.1, 0.15) is 6.61 Å². The van der Waals surface area contributed by atoms with Gasteiger partial charge in [-0.3, -0.25) is 14.9 Å². The first kappa shape index (κ1) is 17.3. The summed E-state index contributed by atoms with van der Waals surface area (Å²) in [5.41, 5.74) is 0.702. The summed E-state index contributed by atoms with van der Waals surface area (Å²) in [5.74, 6) is -1.46. The van der Waals surface area contributed by atoms with E-state index >= 15 is 0 Å². The molecule has 7 heteroatoms. The molecule has 2 aromatic carbocycles. The zero-order valence-electron chi connectivity index (χ0n) is 13.9. The van der Waals surface area contributed by atoms with Gasteiger partial charge in [0.05, 0.1) is 16.1 Å². The lowest BCUT2D eigenvalue weighted by molar-refractivity contribution is -0.386. The zero-order valence-corrected chi connectivity index (χ0v) is 13.9. The Morgan fingerprint density at radius 1 is 1.15 bits per heavy atom. The van der Waals surface area contributed by atoms with E-state index in [4.69, 9.17) is 9.47 Å². The monoisotopic (exact) mass is 353 g/mol. The van der Waals surface area contributed by atoms with Crippen molar-refractivity contribution in [2.45, 2.75) is 19.6 Å². The Balaban J connectivity index is 1.98. The lowest BCUT2D eigenvalue weighted by Gasteiger charge is -2.12. The molecule has 1 unspecified atom stereocenters. The lowest BCUT2D eigenvalue weighted by Crippen LogP contribution is -2.10. The van der Waals surface area contributed by atoms with Crippen molar-refractivity contribution in [2.24, 2.45) is 0 Å². The molecule has 0 saturated carbocycles. The molecule has 3 rings (SSSR count). The summed E-state index contributed by atoms with van der Waals surface area (Å²) in [5, 5.41) is 11.3. The first-order chi connectivity index (χ1) is 12.5. The highest BCUT2D eigenvalue weighted by molar-refractivity contribution is 6.05. The van der Waals surface area contributed by atoms with E-state index in [0.717, 1.165) is 5.56 Å². The number of carbonyl (C=O) groups is 2. The summed E-state index contributed by atoms with van der Waals surface area (Å²) in [6.45, 7) is 1.34. The molecule has 0 N–H and O–H groups in total. The number of rotatable bonds is 6. The maximum Gasteiger partial charge on any atom is 0.375 e. The maximum absolute atomic E-state index is 12.2. The predicted molar refractivity (Wildman–Crippen MR) is 90.9 cm³/mol. The maximum atomic E-state index is 12.2. The van der Waals surface area contributed by atoms with Crippen LogP contribution in [0.25, 0.3) is 0 Å². The van der Waals surface area contributed by atoms with Crippen LogP contribution in [0.4, 0.5) is 5.69 Å². The number of esters is 1. The molecule has 0 radical (unpaired) electrons. The van der Waals surface area contributed by atoms with Gasteiger partial charge in [0.2, 0.25) is 5.76 Å². The highest BCUT2D eigenvalue weighted by atomic mass is 16.6. The molecule has 1 atom stereocenters. The number of ketones is 1. The van der Waals surface area contributed by atoms with Gasteiger partial charge in [-0.25, -0.2) is 4.79 Å². The van der Waals surface area contributed by atoms with Gasteiger partial charge in [0.15, 0.2) is 11.9 Å². The summed E-state index contributed by atoms with van der Waals surface area (Å²) in [6.07, 6.45) is -1.16. The third-order valence-electron chi connectivity index (χ3n) is 3.94. The fourth-order valence-electron chi connectivity index (χ4n) is 2.75. The summed E-state index contributed by atoms with van der Waals surface area (Å²) < 4.78 is 10.8. The van der Waals surface area contributed by atoms with Gasteiger partial charge in [-0.1, -0.05) is 42.5 Å². The number of benzene rings is 2. The number of nitro benzene ring substituents is 1. The second-order valence-corrected chi connectivity index (χ2v) is 5.67. The molecule has 1 heterocycles. The molecule has 0 amide bonds. The van der Waals surface area contributed by atoms with Crippen LogP contribution in [0.15, 0.2) is 65.9 Å². The number of hydrogen-bond donors (Lipinski definition) is 0. The standard InChI is InChI=1S/C19H15NO6/c1-12(21)16-17(14-9-5-6-10-15(14)20(23)24)26-19(22)18(16)25-11-13-7-3-2-4-8-13/h2-10,17H,11H2,1H3. The highest BCUT2D eigenvalue weighted by Gasteiger charge is 2.41. The number of para-hydroxylation sites is 1. The van der Waals surface area contributed by atoms with Crippen LogP contribution in [-0.4, -0.2) is 16.7 Å². The number of carbonyl (C=O) groups excluding carboxylic acids is 2. The molecule has 132 valence electrons. The minimum absolute atomic E-state index is 0.0137. The van der Waals surface area contributed by atoms with Crippen LogP contribution < -0.4 is 0 Å². The van der Waals surface area contributed by atoms with E-state index in [0.29, 0.717) is 0 Å². The van der Waals surface area contributed by atoms with Crippen LogP contribution in [0.3, 0.4) is 0 Å². The van der Waals surface area contributed by atoms with Crippen LogP contribution in [0, 0.1) is 10.1 Å². The highest BCUT2D eigenvalue weighted by Crippen LogP contribution is 2.40. The normalized spacial score (nSPS) is 16.3. The fourth-order valence-corrected chi connectivity index (χ4v) is 2.75. The van der Waals surface area contributed by atoms with E-state index in [2.05, 4.69) is 0 Å². The van der Waals surface area contributed by atoms with E-state index in [1.807, 2.05) is 30.3 Å². The van der Waals surface area contributed by atoms with Crippen LogP contribution in [0.1, 0.15) is 24.2 Å². The van der Waals surface area contributed by atoms with E-state index < -0.39 is 22.8 Å². The SMILES string of the molecule is CC(=O)C1=C(OCc2ccccc2)C(=O)OC1c1ccccc1[N+](=O)[O-]. The molecule has 0 saturated heterocycles. The molecule has 0 bridgehead atoms. The van der Waals surface area contributed by atoms with Gasteiger partial charge < -0.3 is 9.47 Å². The molecular formula is C19H15NO6. The fraction of sp³-hybridized carbons (Fsp3) is 0.158. The second-order valence-electron chi connectivity index (χ2n) is 5.67. The number of cyclic esters (lactones) is 1. The largest absolute Gasteiger partial charge is 0.481 e. The van der Waals surface area contributed by atoms with E-state index in [-0.39, 0.29) is 29.2 Å². The van der Waals surface area contributed by atoms with Crippen LogP contribution in [0.2, 0.25) is 0 Å². The molecule has 0 aromatic heterocycles. The van der Waals surface area contributed by atoms with E-state index in [1.54, 1.807) is 6.07 Å². The number of Topliss-reactive ketones (excluding diaryl/α,β-unsaturated/α-hetero) is 1. The van der Waals surface area contributed by atoms with Crippen LogP contribution in [-0.2, 0) is 25.7 Å². The number of hydrogen-bond acceptors (Lipinski definition) is 6. The van der Waals surface area contributed by atoms with Gasteiger partial charge >= 0.3 is 5.97 Å². The quantitative estimate of drug-likeness (QED) is 0.449. The number of ether oxygens (including phenoxy) is 2. The molecule has 1 aliphatic heterocycles. The number of nitrogens with zero attached hydrogens (tertiary/aromatic N) is 1. The van der Waals surface area contributed by atoms with Gasteiger partial charge in [-0.05, 0) is 18.6 Å². The lowest BCUT2D eigenvalue weighted by atomic mass is 9.98. The summed E-state index contributed by atoms with van der Waals surface area (Å²) in [7, 11) is 0. The van der Waals surface area contributed by atoms with Crippen molar-refractivity contribution in [1.82, 2.24) is 0 Å². The Hall–Kier alpha value is -3.48. The molecule has 0 fully saturated rings. The van der Waals surface area contributed by atoms with Crippen molar-refractivity contribution < 1.29 is 24.0 Å². The number of nitro groups is 1. The average Bonchev–Trinajstić information content (AvgIpc) is 2.97. The molecule has 2 aromatic rings. The minimum Gasteiger partial charge on any atom is -0.481 e. The van der Waals surface area contributed by atoms with E-state index in [9.17, 15) is 19.7 Å². The topological polar surface area (TPSA) is 95.7 Å². The van der Waals surface area contributed by atoms with Gasteiger partial charge in [0.25, 0.3) is 5.69 Å². The van der Waals surface area contributed by atoms with E-state index in [1.165, 1.54) is 25.1 Å². The third-order valence-corrected chi connectivity index (χ3v) is 3.94. The molecule has 0 spiro atoms. The summed E-state index contributed by atoms with van der Waals surface area (Å²) >= 11 is 0. The van der Waals surface area contributed by atoms with Crippen molar-refractivity contribution in [1.29, 1.82) is 0 Å². The van der Waals surface area contributed by atoms with Crippen molar-refractivity contribution >= 4 is 17.4 Å². The first-order valence-electron chi connectivity index (χ1n) is 7.85. The van der Waals surface area contributed by atoms with Crippen LogP contribution >= 0.6 is 0 Å². The molecule has 26 heavy (non-hydrogen) atoms. The second kappa shape index (κ2) is 7.18. The predicted octanol–water partition coefficient (Wildman–Crippen LogP) is 3.25. The first-order valence-corrected chi connectivity index (χ1v) is 7.85. The average molecular weight is 353 g/mol. The Kier molecular flexibility index (Phi) is 4.79. The van der Waals surface area contributed by atoms with Crippen molar-refractivity contribution in [3.63, 3.8) is 0 Å². The molecular weight excluding hydrogens is 338 g/mol. The van der Waals surface area contributed by atoms with Crippen molar-refractivity contribution in [2.75, 3.05) is 0 Å². The summed E-state index contributed by atoms with van der Waals surface area (Å²) in [4.78, 5) is 35.1. The minimum atomic E-state index is -1.16. The molecule has 0 aliphatic carbocycles. The van der Waals surface area contributed by atoms with Gasteiger partial charge in [-0.2, -0.15) is 0 Å². The van der Waals surface area contributed by atoms with Gasteiger partial charge in [-0.15, -0.1) is 0 Å². The van der Waals surface area contributed by atoms with Crippen molar-refractivity contribution in [3.05, 3.63) is 87.2 Å². The Labute approximate surface area is 149 Å². The summed E-state index contributed by atoms with van der Waals surface area (Å²) in [6, 6.07) is 15.0. The molecule has 1 aliphatic rings. The Bertz CT molecular complexity index is 903. The Morgan fingerprint density at radius 3 is 2.46 bits per heavy atom.